The molecule has 0 radical (unpaired) electrons. The van der Waals surface area contributed by atoms with Crippen LogP contribution in [0.5, 0.6) is 0 Å². The Morgan fingerprint density at radius 2 is 2.44 bits per heavy atom. The average molecular weight is 250 g/mol. The molecule has 0 bridgehead atoms. The summed E-state index contributed by atoms with van der Waals surface area (Å²) in [4.78, 5) is 13.9. The molecule has 96 valence electrons. The van der Waals surface area contributed by atoms with Gasteiger partial charge < -0.3 is 10.1 Å². The van der Waals surface area contributed by atoms with E-state index in [1.807, 2.05) is 13.0 Å². The molecule has 0 saturated heterocycles. The standard InChI is InChI=1S/C11H14N4O3/c1-8(7-18-2)5-13-11-9(4-12)3-10(6-14-11)15(16)17/h3,6,8H,5,7H2,1-2H3,(H,13,14). The highest BCUT2D eigenvalue weighted by atomic mass is 16.6. The van der Waals surface area contributed by atoms with Crippen molar-refractivity contribution >= 4 is 11.5 Å². The molecule has 1 aromatic heterocycles. The van der Waals surface area contributed by atoms with Gasteiger partial charge in [0.05, 0.1) is 11.5 Å². The van der Waals surface area contributed by atoms with Crippen molar-refractivity contribution in [3.05, 3.63) is 27.9 Å². The quantitative estimate of drug-likeness (QED) is 0.607. The van der Waals surface area contributed by atoms with E-state index in [0.29, 0.717) is 19.0 Å². The summed E-state index contributed by atoms with van der Waals surface area (Å²) in [5, 5.41) is 22.4. The normalized spacial score (nSPS) is 11.6. The summed E-state index contributed by atoms with van der Waals surface area (Å²) < 4.78 is 4.98. The van der Waals surface area contributed by atoms with Crippen LogP contribution in [0.15, 0.2) is 12.3 Å². The lowest BCUT2D eigenvalue weighted by molar-refractivity contribution is -0.385. The van der Waals surface area contributed by atoms with Gasteiger partial charge in [-0.25, -0.2) is 4.98 Å². The fraction of sp³-hybridized carbons (Fsp3) is 0.455. The maximum absolute atomic E-state index is 10.6. The number of hydrogen-bond donors (Lipinski definition) is 1. The van der Waals surface area contributed by atoms with Crippen LogP contribution in [0.1, 0.15) is 12.5 Å². The molecular formula is C11H14N4O3. The molecule has 0 aromatic carbocycles. The summed E-state index contributed by atoms with van der Waals surface area (Å²) >= 11 is 0. The van der Waals surface area contributed by atoms with E-state index in [1.54, 1.807) is 7.11 Å². The highest BCUT2D eigenvalue weighted by molar-refractivity contribution is 5.55. The predicted octanol–water partition coefficient (Wildman–Crippen LogP) is 1.56. The summed E-state index contributed by atoms with van der Waals surface area (Å²) in [5.41, 5.74) is -0.0316. The third kappa shape index (κ3) is 3.68. The number of nitrogens with zero attached hydrogens (tertiary/aromatic N) is 3. The Balaban J connectivity index is 2.78. The van der Waals surface area contributed by atoms with Gasteiger partial charge >= 0.3 is 0 Å². The van der Waals surface area contributed by atoms with Crippen molar-refractivity contribution in [1.29, 1.82) is 5.26 Å². The number of methoxy groups -OCH3 is 1. The van der Waals surface area contributed by atoms with Crippen molar-refractivity contribution in [2.45, 2.75) is 6.92 Å². The summed E-state index contributed by atoms with van der Waals surface area (Å²) in [6.07, 6.45) is 1.13. The number of rotatable bonds is 6. The van der Waals surface area contributed by atoms with Crippen LogP contribution >= 0.6 is 0 Å². The fourth-order valence-electron chi connectivity index (χ4n) is 1.39. The summed E-state index contributed by atoms with van der Waals surface area (Å²) in [6, 6.07) is 3.09. The molecule has 1 N–H and O–H groups in total. The van der Waals surface area contributed by atoms with Crippen LogP contribution in [-0.4, -0.2) is 30.2 Å². The first-order valence-corrected chi connectivity index (χ1v) is 5.35. The van der Waals surface area contributed by atoms with Gasteiger partial charge in [-0.1, -0.05) is 6.92 Å². The first-order chi connectivity index (χ1) is 8.58. The number of aromatic nitrogens is 1. The summed E-state index contributed by atoms with van der Waals surface area (Å²) in [5.74, 6) is 0.601. The third-order valence-corrected chi connectivity index (χ3v) is 2.27. The minimum Gasteiger partial charge on any atom is -0.384 e. The summed E-state index contributed by atoms with van der Waals surface area (Å²) in [6.45, 7) is 3.14. The molecule has 1 unspecified atom stereocenters. The van der Waals surface area contributed by atoms with E-state index < -0.39 is 4.92 Å². The van der Waals surface area contributed by atoms with Gasteiger partial charge in [-0.2, -0.15) is 5.26 Å². The Hall–Kier alpha value is -2.20. The van der Waals surface area contributed by atoms with Crippen LogP contribution in [0.4, 0.5) is 11.5 Å². The van der Waals surface area contributed by atoms with Gasteiger partial charge in [0.15, 0.2) is 0 Å². The molecule has 0 aliphatic carbocycles. The molecule has 18 heavy (non-hydrogen) atoms. The predicted molar refractivity (Wildman–Crippen MR) is 65.1 cm³/mol. The Morgan fingerprint density at radius 1 is 1.72 bits per heavy atom. The zero-order chi connectivity index (χ0) is 13.5. The molecule has 7 heteroatoms. The Kier molecular flexibility index (Phi) is 5.02. The Labute approximate surface area is 105 Å². The maximum Gasteiger partial charge on any atom is 0.289 e. The molecule has 0 saturated carbocycles. The second-order valence-electron chi connectivity index (χ2n) is 3.90. The van der Waals surface area contributed by atoms with Crippen LogP contribution in [0, 0.1) is 27.4 Å². The van der Waals surface area contributed by atoms with Gasteiger partial charge in [0.25, 0.3) is 5.69 Å². The lowest BCUT2D eigenvalue weighted by atomic mass is 10.2. The monoisotopic (exact) mass is 250 g/mol. The van der Waals surface area contributed by atoms with Crippen molar-refractivity contribution in [1.82, 2.24) is 4.98 Å². The third-order valence-electron chi connectivity index (χ3n) is 2.27. The molecule has 0 amide bonds. The number of ether oxygens (including phenoxy) is 1. The number of anilines is 1. The second-order valence-corrected chi connectivity index (χ2v) is 3.90. The zero-order valence-corrected chi connectivity index (χ0v) is 10.2. The van der Waals surface area contributed by atoms with Crippen molar-refractivity contribution in [2.24, 2.45) is 5.92 Å². The van der Waals surface area contributed by atoms with E-state index in [-0.39, 0.29) is 17.2 Å². The van der Waals surface area contributed by atoms with Gasteiger partial charge in [0.2, 0.25) is 0 Å². The SMILES string of the molecule is COCC(C)CNc1ncc([N+](=O)[O-])cc1C#N. The lowest BCUT2D eigenvalue weighted by Gasteiger charge is -2.12. The zero-order valence-electron chi connectivity index (χ0n) is 10.2. The Bertz CT molecular complexity index is 470. The van der Waals surface area contributed by atoms with E-state index >= 15 is 0 Å². The smallest absolute Gasteiger partial charge is 0.289 e. The van der Waals surface area contributed by atoms with Gasteiger partial charge in [-0.3, -0.25) is 10.1 Å². The number of nitro groups is 1. The molecule has 0 aliphatic rings. The second kappa shape index (κ2) is 6.51. The molecular weight excluding hydrogens is 236 g/mol. The molecule has 1 atom stereocenters. The molecule has 7 nitrogen and oxygen atoms in total. The minimum absolute atomic E-state index is 0.161. The van der Waals surface area contributed by atoms with Gasteiger partial charge in [0.1, 0.15) is 23.6 Å². The van der Waals surface area contributed by atoms with Gasteiger partial charge in [-0.15, -0.1) is 0 Å². The number of nitriles is 1. The van der Waals surface area contributed by atoms with Crippen LogP contribution < -0.4 is 5.32 Å². The minimum atomic E-state index is -0.578. The van der Waals surface area contributed by atoms with Crippen molar-refractivity contribution in [3.8, 4) is 6.07 Å². The lowest BCUT2D eigenvalue weighted by Crippen LogP contribution is -2.17. The number of nitrogens with one attached hydrogen (secondary N) is 1. The van der Waals surface area contributed by atoms with Crippen molar-refractivity contribution in [3.63, 3.8) is 0 Å². The first-order valence-electron chi connectivity index (χ1n) is 5.35. The van der Waals surface area contributed by atoms with E-state index in [0.717, 1.165) is 6.20 Å². The topological polar surface area (TPSA) is 101 Å². The van der Waals surface area contributed by atoms with Crippen LogP contribution in [-0.2, 0) is 4.74 Å². The van der Waals surface area contributed by atoms with Crippen molar-refractivity contribution < 1.29 is 9.66 Å². The highest BCUT2D eigenvalue weighted by Crippen LogP contribution is 2.18. The number of hydrogen-bond acceptors (Lipinski definition) is 6. The fourth-order valence-corrected chi connectivity index (χ4v) is 1.39. The molecule has 0 fully saturated rings. The van der Waals surface area contributed by atoms with Crippen LogP contribution in [0.25, 0.3) is 0 Å². The largest absolute Gasteiger partial charge is 0.384 e. The molecule has 0 spiro atoms. The van der Waals surface area contributed by atoms with Gasteiger partial charge in [0, 0.05) is 19.7 Å². The van der Waals surface area contributed by atoms with E-state index in [1.165, 1.54) is 6.07 Å². The van der Waals surface area contributed by atoms with Gasteiger partial charge in [-0.05, 0) is 5.92 Å². The van der Waals surface area contributed by atoms with Crippen molar-refractivity contribution in [2.75, 3.05) is 25.6 Å². The van der Waals surface area contributed by atoms with Crippen LogP contribution in [0.3, 0.4) is 0 Å². The first kappa shape index (κ1) is 13.9. The molecule has 1 rings (SSSR count). The molecule has 1 heterocycles. The van der Waals surface area contributed by atoms with E-state index in [4.69, 9.17) is 10.00 Å². The highest BCUT2D eigenvalue weighted by Gasteiger charge is 2.12. The molecule has 0 aliphatic heterocycles. The average Bonchev–Trinajstić information content (AvgIpc) is 2.36. The maximum atomic E-state index is 10.6. The van der Waals surface area contributed by atoms with E-state index in [2.05, 4.69) is 10.3 Å². The summed E-state index contributed by atoms with van der Waals surface area (Å²) in [7, 11) is 1.61. The van der Waals surface area contributed by atoms with E-state index in [9.17, 15) is 10.1 Å². The Morgan fingerprint density at radius 3 is 3.00 bits per heavy atom. The molecule has 1 aromatic rings. The number of pyridine rings is 1. The van der Waals surface area contributed by atoms with Crippen LogP contribution in [0.2, 0.25) is 0 Å².